The highest BCUT2D eigenvalue weighted by atomic mass is 16.5. The number of rotatable bonds is 6. The van der Waals surface area contributed by atoms with Gasteiger partial charge in [0.05, 0.1) is 6.61 Å². The Morgan fingerprint density at radius 1 is 1.45 bits per heavy atom. The minimum atomic E-state index is -1.05. The summed E-state index contributed by atoms with van der Waals surface area (Å²) in [5, 5.41) is 18.6. The third kappa shape index (κ3) is 9.19. The molecule has 5 nitrogen and oxygen atoms in total. The topological polar surface area (TPSA) is 78.8 Å². The normalized spacial score (nSPS) is 9.55. The Balaban J connectivity index is 2.85. The molecule has 1 amide bonds. The van der Waals surface area contributed by atoms with Crippen molar-refractivity contribution in [3.05, 3.63) is 0 Å². The molecule has 11 heavy (non-hydrogen) atoms. The molecule has 0 aliphatic carbocycles. The van der Waals surface area contributed by atoms with E-state index in [1.54, 1.807) is 0 Å². The van der Waals surface area contributed by atoms with Gasteiger partial charge in [0.2, 0.25) is 0 Å². The van der Waals surface area contributed by atoms with Crippen molar-refractivity contribution in [2.45, 2.75) is 6.42 Å². The Morgan fingerprint density at radius 2 is 2.18 bits per heavy atom. The molecule has 0 bridgehead atoms. The summed E-state index contributed by atoms with van der Waals surface area (Å²) in [6.07, 6.45) is -0.455. The van der Waals surface area contributed by atoms with Crippen LogP contribution in [-0.4, -0.2) is 42.7 Å². The van der Waals surface area contributed by atoms with Crippen molar-refractivity contribution in [3.8, 4) is 0 Å². The van der Waals surface area contributed by atoms with E-state index in [2.05, 4.69) is 5.32 Å². The van der Waals surface area contributed by atoms with Gasteiger partial charge in [-0.3, -0.25) is 0 Å². The maximum absolute atomic E-state index is 9.88. The Labute approximate surface area is 65.0 Å². The van der Waals surface area contributed by atoms with Gasteiger partial charge in [-0.25, -0.2) is 4.79 Å². The number of hydrogen-bond donors (Lipinski definition) is 3. The van der Waals surface area contributed by atoms with Crippen molar-refractivity contribution < 1.29 is 19.7 Å². The molecular weight excluding hydrogens is 150 g/mol. The predicted molar refractivity (Wildman–Crippen MR) is 38.5 cm³/mol. The molecular formula is C6H13NO4. The van der Waals surface area contributed by atoms with Crippen LogP contribution in [0.1, 0.15) is 6.42 Å². The van der Waals surface area contributed by atoms with Crippen LogP contribution in [0, 0.1) is 0 Å². The van der Waals surface area contributed by atoms with Crippen molar-refractivity contribution in [1.29, 1.82) is 0 Å². The molecule has 5 heteroatoms. The summed E-state index contributed by atoms with van der Waals surface area (Å²) in [6, 6.07) is 0. The molecule has 0 spiro atoms. The molecule has 0 aliphatic rings. The van der Waals surface area contributed by atoms with E-state index in [-0.39, 0.29) is 6.61 Å². The Morgan fingerprint density at radius 3 is 2.73 bits per heavy atom. The fourth-order valence-electron chi connectivity index (χ4n) is 0.499. The Bertz CT molecular complexity index is 107. The van der Waals surface area contributed by atoms with Crippen LogP contribution < -0.4 is 5.32 Å². The van der Waals surface area contributed by atoms with E-state index in [1.807, 2.05) is 0 Å². The van der Waals surface area contributed by atoms with E-state index in [1.165, 1.54) is 0 Å². The molecule has 0 atom stereocenters. The van der Waals surface area contributed by atoms with Crippen molar-refractivity contribution in [1.82, 2.24) is 5.32 Å². The quantitative estimate of drug-likeness (QED) is 0.468. The van der Waals surface area contributed by atoms with E-state index in [0.717, 1.165) is 0 Å². The van der Waals surface area contributed by atoms with E-state index >= 15 is 0 Å². The van der Waals surface area contributed by atoms with E-state index in [4.69, 9.17) is 14.9 Å². The Kier molecular flexibility index (Phi) is 6.76. The number of carboxylic acid groups (broad SMARTS) is 1. The van der Waals surface area contributed by atoms with Gasteiger partial charge in [-0.1, -0.05) is 0 Å². The summed E-state index contributed by atoms with van der Waals surface area (Å²) in [5.74, 6) is 0. The van der Waals surface area contributed by atoms with Gasteiger partial charge in [0.1, 0.15) is 0 Å². The number of hydrogen-bond acceptors (Lipinski definition) is 3. The lowest BCUT2D eigenvalue weighted by Crippen LogP contribution is -2.25. The molecule has 0 unspecified atom stereocenters. The largest absolute Gasteiger partial charge is 0.465 e. The summed E-state index contributed by atoms with van der Waals surface area (Å²) in [6.45, 7) is 1.22. The second-order valence-electron chi connectivity index (χ2n) is 1.92. The zero-order valence-electron chi connectivity index (χ0n) is 6.25. The fraction of sp³-hybridized carbons (Fsp3) is 0.833. The lowest BCUT2D eigenvalue weighted by molar-refractivity contribution is 0.116. The minimum Gasteiger partial charge on any atom is -0.465 e. The highest BCUT2D eigenvalue weighted by Gasteiger charge is 1.92. The molecule has 0 rings (SSSR count). The average Bonchev–Trinajstić information content (AvgIpc) is 1.96. The molecule has 0 aromatic carbocycles. The maximum atomic E-state index is 9.88. The van der Waals surface area contributed by atoms with Gasteiger partial charge < -0.3 is 20.3 Å². The minimum absolute atomic E-state index is 0.104. The first-order chi connectivity index (χ1) is 5.27. The average molecular weight is 163 g/mol. The fourth-order valence-corrected chi connectivity index (χ4v) is 0.499. The van der Waals surface area contributed by atoms with Gasteiger partial charge in [0, 0.05) is 19.8 Å². The molecule has 3 N–H and O–H groups in total. The molecule has 0 aromatic heterocycles. The number of carbonyl (C=O) groups is 1. The van der Waals surface area contributed by atoms with Gasteiger partial charge in [0.15, 0.2) is 0 Å². The molecule has 0 saturated heterocycles. The number of aliphatic hydroxyl groups is 1. The number of nitrogens with one attached hydrogen (secondary N) is 1. The number of amides is 1. The smallest absolute Gasteiger partial charge is 0.404 e. The summed E-state index contributed by atoms with van der Waals surface area (Å²) in [5.41, 5.74) is 0. The molecule has 0 fully saturated rings. The zero-order valence-corrected chi connectivity index (χ0v) is 6.25. The maximum Gasteiger partial charge on any atom is 0.404 e. The van der Waals surface area contributed by atoms with Gasteiger partial charge in [-0.05, 0) is 6.42 Å². The first kappa shape index (κ1) is 10.2. The van der Waals surface area contributed by atoms with Gasteiger partial charge in [0.25, 0.3) is 0 Å². The van der Waals surface area contributed by atoms with Crippen LogP contribution in [0.4, 0.5) is 4.79 Å². The van der Waals surface area contributed by atoms with Crippen LogP contribution in [0.3, 0.4) is 0 Å². The molecule has 0 heterocycles. The summed E-state index contributed by atoms with van der Waals surface area (Å²) >= 11 is 0. The van der Waals surface area contributed by atoms with Crippen molar-refractivity contribution in [2.24, 2.45) is 0 Å². The lowest BCUT2D eigenvalue weighted by Gasteiger charge is -2.01. The van der Waals surface area contributed by atoms with Crippen molar-refractivity contribution >= 4 is 6.09 Å². The standard InChI is InChI=1S/C6H13NO4/c8-3-1-4-11-5-2-7-6(9)10/h7-8H,1-5H2,(H,9,10). The molecule has 0 radical (unpaired) electrons. The Hall–Kier alpha value is -0.810. The molecule has 0 aromatic rings. The van der Waals surface area contributed by atoms with Crippen LogP contribution in [0.5, 0.6) is 0 Å². The summed E-state index contributed by atoms with van der Waals surface area (Å²) < 4.78 is 4.94. The first-order valence-corrected chi connectivity index (χ1v) is 3.42. The van der Waals surface area contributed by atoms with E-state index < -0.39 is 6.09 Å². The van der Waals surface area contributed by atoms with Crippen LogP contribution in [0.25, 0.3) is 0 Å². The van der Waals surface area contributed by atoms with Crippen LogP contribution in [-0.2, 0) is 4.74 Å². The van der Waals surface area contributed by atoms with E-state index in [9.17, 15) is 4.79 Å². The third-order valence-electron chi connectivity index (χ3n) is 0.969. The number of aliphatic hydroxyl groups excluding tert-OH is 1. The molecule has 0 saturated carbocycles. The van der Waals surface area contributed by atoms with Gasteiger partial charge in [-0.15, -0.1) is 0 Å². The van der Waals surface area contributed by atoms with Crippen LogP contribution in [0.2, 0.25) is 0 Å². The van der Waals surface area contributed by atoms with Gasteiger partial charge in [-0.2, -0.15) is 0 Å². The van der Waals surface area contributed by atoms with Crippen molar-refractivity contribution in [2.75, 3.05) is 26.4 Å². The summed E-state index contributed by atoms with van der Waals surface area (Å²) in [7, 11) is 0. The molecule has 0 aliphatic heterocycles. The summed E-state index contributed by atoms with van der Waals surface area (Å²) in [4.78, 5) is 9.88. The van der Waals surface area contributed by atoms with Crippen molar-refractivity contribution in [3.63, 3.8) is 0 Å². The third-order valence-corrected chi connectivity index (χ3v) is 0.969. The SMILES string of the molecule is O=C(O)NCCOCCCO. The highest BCUT2D eigenvalue weighted by Crippen LogP contribution is 1.78. The lowest BCUT2D eigenvalue weighted by atomic mass is 10.5. The second-order valence-corrected chi connectivity index (χ2v) is 1.92. The zero-order chi connectivity index (χ0) is 8.53. The monoisotopic (exact) mass is 163 g/mol. The van der Waals surface area contributed by atoms with Crippen LogP contribution in [0.15, 0.2) is 0 Å². The number of ether oxygens (including phenoxy) is 1. The molecule has 66 valence electrons. The first-order valence-electron chi connectivity index (χ1n) is 3.42. The van der Waals surface area contributed by atoms with E-state index in [0.29, 0.717) is 26.2 Å². The second kappa shape index (κ2) is 7.30. The predicted octanol–water partition coefficient (Wildman–Crippen LogP) is -0.347. The van der Waals surface area contributed by atoms with Crippen LogP contribution >= 0.6 is 0 Å². The highest BCUT2D eigenvalue weighted by molar-refractivity contribution is 5.64. The van der Waals surface area contributed by atoms with Gasteiger partial charge >= 0.3 is 6.09 Å².